The quantitative estimate of drug-likeness (QED) is 0.496. The van der Waals surface area contributed by atoms with Crippen molar-refractivity contribution in [1.29, 1.82) is 0 Å². The summed E-state index contributed by atoms with van der Waals surface area (Å²) in [5, 5.41) is 2.44. The molecule has 31 heavy (non-hydrogen) atoms. The highest BCUT2D eigenvalue weighted by Gasteiger charge is 2.28. The van der Waals surface area contributed by atoms with Crippen LogP contribution in [0.4, 0.5) is 5.13 Å². The number of aromatic nitrogens is 1. The predicted molar refractivity (Wildman–Crippen MR) is 124 cm³/mol. The third-order valence-electron chi connectivity index (χ3n) is 5.13. The van der Waals surface area contributed by atoms with Crippen molar-refractivity contribution in [3.8, 4) is 11.3 Å². The summed E-state index contributed by atoms with van der Waals surface area (Å²) in [6.45, 7) is 5.06. The summed E-state index contributed by atoms with van der Waals surface area (Å²) >= 11 is 1.37. The Morgan fingerprint density at radius 1 is 1.13 bits per heavy atom. The minimum absolute atomic E-state index is 0.142. The van der Waals surface area contributed by atoms with Crippen molar-refractivity contribution >= 4 is 32.4 Å². The average molecular weight is 454 g/mol. The SMILES string of the molecule is C=CCN(C(=O)c1cccc(S(=O)(=O)N2CCCC2)c1)c1nc(-c2ccccc2)cs1. The highest BCUT2D eigenvalue weighted by atomic mass is 32.2. The second-order valence-corrected chi connectivity index (χ2v) is 10.00. The van der Waals surface area contributed by atoms with Crippen LogP contribution in [0.5, 0.6) is 0 Å². The van der Waals surface area contributed by atoms with E-state index in [1.165, 1.54) is 26.6 Å². The molecular formula is C23H23N3O3S2. The molecule has 0 saturated carbocycles. The van der Waals surface area contributed by atoms with Crippen molar-refractivity contribution in [2.24, 2.45) is 0 Å². The highest BCUT2D eigenvalue weighted by molar-refractivity contribution is 7.89. The van der Waals surface area contributed by atoms with Gasteiger partial charge in [0.05, 0.1) is 10.6 Å². The molecule has 1 fully saturated rings. The van der Waals surface area contributed by atoms with Gasteiger partial charge in [0.1, 0.15) is 0 Å². The van der Waals surface area contributed by atoms with Crippen LogP contribution in [0.15, 0.2) is 77.5 Å². The zero-order valence-electron chi connectivity index (χ0n) is 17.0. The van der Waals surface area contributed by atoms with Crippen molar-refractivity contribution in [3.05, 3.63) is 78.2 Å². The Labute approximate surface area is 186 Å². The van der Waals surface area contributed by atoms with Crippen LogP contribution < -0.4 is 4.90 Å². The number of thiazole rings is 1. The lowest BCUT2D eigenvalue weighted by Crippen LogP contribution is -2.31. The van der Waals surface area contributed by atoms with Gasteiger partial charge in [-0.3, -0.25) is 9.69 Å². The number of benzene rings is 2. The van der Waals surface area contributed by atoms with Crippen LogP contribution in [0.2, 0.25) is 0 Å². The van der Waals surface area contributed by atoms with E-state index < -0.39 is 10.0 Å². The predicted octanol–water partition coefficient (Wildman–Crippen LogP) is 4.43. The minimum atomic E-state index is -3.60. The van der Waals surface area contributed by atoms with Crippen LogP contribution in [0.1, 0.15) is 23.2 Å². The number of carbonyl (C=O) groups is 1. The second-order valence-electron chi connectivity index (χ2n) is 7.22. The molecule has 1 aliphatic rings. The molecule has 1 saturated heterocycles. The molecule has 160 valence electrons. The fraction of sp³-hybridized carbons (Fsp3) is 0.217. The number of hydrogen-bond acceptors (Lipinski definition) is 5. The first-order chi connectivity index (χ1) is 15.0. The van der Waals surface area contributed by atoms with Gasteiger partial charge >= 0.3 is 0 Å². The van der Waals surface area contributed by atoms with E-state index in [4.69, 9.17) is 0 Å². The van der Waals surface area contributed by atoms with Crippen LogP contribution in [-0.2, 0) is 10.0 Å². The van der Waals surface area contributed by atoms with Gasteiger partial charge in [-0.1, -0.05) is 42.5 Å². The molecule has 1 aromatic heterocycles. The van der Waals surface area contributed by atoms with E-state index in [1.54, 1.807) is 24.3 Å². The molecule has 0 radical (unpaired) electrons. The Morgan fingerprint density at radius 2 is 1.87 bits per heavy atom. The van der Waals surface area contributed by atoms with E-state index in [0.717, 1.165) is 24.1 Å². The Balaban J connectivity index is 1.64. The van der Waals surface area contributed by atoms with Gasteiger partial charge in [-0.2, -0.15) is 4.31 Å². The van der Waals surface area contributed by atoms with Gasteiger partial charge in [-0.05, 0) is 31.0 Å². The second kappa shape index (κ2) is 9.13. The van der Waals surface area contributed by atoms with Crippen molar-refractivity contribution in [2.45, 2.75) is 17.7 Å². The number of sulfonamides is 1. The van der Waals surface area contributed by atoms with Gasteiger partial charge in [0.2, 0.25) is 10.0 Å². The van der Waals surface area contributed by atoms with Gasteiger partial charge in [-0.25, -0.2) is 13.4 Å². The lowest BCUT2D eigenvalue weighted by Gasteiger charge is -2.19. The van der Waals surface area contributed by atoms with E-state index >= 15 is 0 Å². The first kappa shape index (κ1) is 21.4. The first-order valence-corrected chi connectivity index (χ1v) is 12.4. The van der Waals surface area contributed by atoms with Crippen molar-refractivity contribution < 1.29 is 13.2 Å². The third kappa shape index (κ3) is 4.46. The molecule has 0 unspecified atom stereocenters. The Kier molecular flexibility index (Phi) is 6.31. The van der Waals surface area contributed by atoms with Crippen molar-refractivity contribution in [1.82, 2.24) is 9.29 Å². The number of hydrogen-bond donors (Lipinski definition) is 0. The van der Waals surface area contributed by atoms with Gasteiger partial charge in [0.15, 0.2) is 5.13 Å². The van der Waals surface area contributed by atoms with Crippen LogP contribution >= 0.6 is 11.3 Å². The molecule has 0 atom stereocenters. The summed E-state index contributed by atoms with van der Waals surface area (Å²) in [6, 6.07) is 16.0. The summed E-state index contributed by atoms with van der Waals surface area (Å²) in [6.07, 6.45) is 3.35. The number of carbonyl (C=O) groups excluding carboxylic acids is 1. The van der Waals surface area contributed by atoms with E-state index in [-0.39, 0.29) is 17.3 Å². The first-order valence-electron chi connectivity index (χ1n) is 10.0. The van der Waals surface area contributed by atoms with Crippen LogP contribution in [0, 0.1) is 0 Å². The molecule has 0 spiro atoms. The van der Waals surface area contributed by atoms with E-state index in [9.17, 15) is 13.2 Å². The molecule has 2 aromatic carbocycles. The highest BCUT2D eigenvalue weighted by Crippen LogP contribution is 2.29. The molecule has 4 rings (SSSR count). The minimum Gasteiger partial charge on any atom is -0.280 e. The van der Waals surface area contributed by atoms with Crippen molar-refractivity contribution in [2.75, 3.05) is 24.5 Å². The van der Waals surface area contributed by atoms with Crippen molar-refractivity contribution in [3.63, 3.8) is 0 Å². The standard InChI is InChI=1S/C23H23N3O3S2/c1-2-13-26(23-24-21(17-30-23)18-9-4-3-5-10-18)22(27)19-11-8-12-20(16-19)31(28,29)25-14-6-7-15-25/h2-5,8-12,16-17H,1,6-7,13-15H2. The fourth-order valence-electron chi connectivity index (χ4n) is 3.53. The molecule has 0 bridgehead atoms. The number of anilines is 1. The molecular weight excluding hydrogens is 430 g/mol. The van der Waals surface area contributed by atoms with Crippen LogP contribution in [-0.4, -0.2) is 43.2 Å². The zero-order chi connectivity index (χ0) is 21.8. The van der Waals surface area contributed by atoms with Crippen LogP contribution in [0.3, 0.4) is 0 Å². The summed E-state index contributed by atoms with van der Waals surface area (Å²) in [4.78, 5) is 19.6. The van der Waals surface area contributed by atoms with E-state index in [0.29, 0.717) is 23.8 Å². The molecule has 0 N–H and O–H groups in total. The maximum atomic E-state index is 13.3. The number of rotatable bonds is 7. The van der Waals surface area contributed by atoms with Gasteiger partial charge < -0.3 is 0 Å². The zero-order valence-corrected chi connectivity index (χ0v) is 18.6. The third-order valence-corrected chi connectivity index (χ3v) is 7.89. The smallest absolute Gasteiger partial charge is 0.260 e. The van der Waals surface area contributed by atoms with Gasteiger partial charge in [0, 0.05) is 36.1 Å². The molecule has 1 amide bonds. The largest absolute Gasteiger partial charge is 0.280 e. The maximum absolute atomic E-state index is 13.3. The summed E-state index contributed by atoms with van der Waals surface area (Å²) < 4.78 is 27.3. The summed E-state index contributed by atoms with van der Waals surface area (Å²) in [5.41, 5.74) is 2.06. The normalized spacial score (nSPS) is 14.5. The molecule has 2 heterocycles. The molecule has 3 aromatic rings. The monoisotopic (exact) mass is 453 g/mol. The van der Waals surface area contributed by atoms with Gasteiger partial charge in [-0.15, -0.1) is 17.9 Å². The average Bonchev–Trinajstić information content (AvgIpc) is 3.51. The topological polar surface area (TPSA) is 70.6 Å². The Morgan fingerprint density at radius 3 is 2.58 bits per heavy atom. The number of amides is 1. The summed E-state index contributed by atoms with van der Waals surface area (Å²) in [7, 11) is -3.60. The fourth-order valence-corrected chi connectivity index (χ4v) is 5.93. The molecule has 8 heteroatoms. The van der Waals surface area contributed by atoms with E-state index in [1.807, 2.05) is 35.7 Å². The molecule has 0 aliphatic carbocycles. The Bertz CT molecular complexity index is 1180. The Hall–Kier alpha value is -2.81. The van der Waals surface area contributed by atoms with E-state index in [2.05, 4.69) is 11.6 Å². The summed E-state index contributed by atoms with van der Waals surface area (Å²) in [5.74, 6) is -0.313. The van der Waals surface area contributed by atoms with Gasteiger partial charge in [0.25, 0.3) is 5.91 Å². The molecule has 6 nitrogen and oxygen atoms in total. The lowest BCUT2D eigenvalue weighted by atomic mass is 10.2. The van der Waals surface area contributed by atoms with Crippen LogP contribution in [0.25, 0.3) is 11.3 Å². The number of nitrogens with zero attached hydrogens (tertiary/aromatic N) is 3. The lowest BCUT2D eigenvalue weighted by molar-refractivity contribution is 0.0989. The molecule has 1 aliphatic heterocycles. The maximum Gasteiger partial charge on any atom is 0.260 e.